The standard InChI is InChI=1S/C26H38F3N5O5S/c1-5-34-24(20-15-31-22(13-21(20)38-3)30-11-6-12-39-16-26(27,28)29)17(2)23(33-34)25(35)32-14-18-7-9-19(10-8-18)40(4,36)37/h13,15,18-19H,5-12,14,16H2,1-4H3,(H,30,31)(H,32,35). The van der Waals surface area contributed by atoms with E-state index in [0.717, 1.165) is 12.8 Å². The molecule has 224 valence electrons. The number of amides is 1. The molecule has 0 aromatic carbocycles. The molecule has 0 unspecified atom stereocenters. The lowest BCUT2D eigenvalue weighted by molar-refractivity contribution is -0.173. The first-order chi connectivity index (χ1) is 18.8. The largest absolute Gasteiger partial charge is 0.496 e. The first-order valence-corrected chi connectivity index (χ1v) is 15.3. The number of methoxy groups -OCH3 is 1. The minimum Gasteiger partial charge on any atom is -0.496 e. The molecule has 2 aromatic heterocycles. The van der Waals surface area contributed by atoms with E-state index in [1.54, 1.807) is 16.9 Å². The van der Waals surface area contributed by atoms with E-state index in [1.165, 1.54) is 13.4 Å². The summed E-state index contributed by atoms with van der Waals surface area (Å²) in [5, 5.41) is 10.3. The molecule has 0 bridgehead atoms. The number of carbonyl (C=O) groups is 1. The minimum atomic E-state index is -4.34. The Morgan fingerprint density at radius 3 is 2.52 bits per heavy atom. The Balaban J connectivity index is 1.64. The third-order valence-corrected chi connectivity index (χ3v) is 8.72. The van der Waals surface area contributed by atoms with E-state index in [9.17, 15) is 26.4 Å². The summed E-state index contributed by atoms with van der Waals surface area (Å²) in [6.45, 7) is 3.73. The summed E-state index contributed by atoms with van der Waals surface area (Å²) in [5.41, 5.74) is 2.30. The van der Waals surface area contributed by atoms with Crippen molar-refractivity contribution in [2.75, 3.05) is 45.0 Å². The second-order valence-electron chi connectivity index (χ2n) is 10.0. The van der Waals surface area contributed by atoms with Crippen LogP contribution in [0.3, 0.4) is 0 Å². The fraction of sp³-hybridized carbons (Fsp3) is 0.654. The number of aromatic nitrogens is 3. The van der Waals surface area contributed by atoms with Crippen molar-refractivity contribution in [3.05, 3.63) is 23.5 Å². The van der Waals surface area contributed by atoms with Gasteiger partial charge in [-0.05, 0) is 51.9 Å². The summed E-state index contributed by atoms with van der Waals surface area (Å²) >= 11 is 0. The Morgan fingerprint density at radius 2 is 1.93 bits per heavy atom. The van der Waals surface area contributed by atoms with Gasteiger partial charge in [0.2, 0.25) is 0 Å². The zero-order valence-electron chi connectivity index (χ0n) is 23.3. The van der Waals surface area contributed by atoms with Gasteiger partial charge in [-0.2, -0.15) is 18.3 Å². The second-order valence-corrected chi connectivity index (χ2v) is 12.4. The van der Waals surface area contributed by atoms with Crippen LogP contribution in [0.1, 0.15) is 55.1 Å². The normalized spacial score (nSPS) is 18.0. The van der Waals surface area contributed by atoms with Crippen LogP contribution in [0.5, 0.6) is 5.75 Å². The van der Waals surface area contributed by atoms with E-state index in [2.05, 4.69) is 25.5 Å². The molecule has 40 heavy (non-hydrogen) atoms. The van der Waals surface area contributed by atoms with Crippen molar-refractivity contribution in [3.63, 3.8) is 0 Å². The summed E-state index contributed by atoms with van der Waals surface area (Å²) in [4.78, 5) is 17.5. The minimum absolute atomic E-state index is 0.0383. The van der Waals surface area contributed by atoms with Crippen LogP contribution >= 0.6 is 0 Å². The van der Waals surface area contributed by atoms with Gasteiger partial charge in [-0.3, -0.25) is 9.48 Å². The van der Waals surface area contributed by atoms with Crippen LogP contribution in [0.4, 0.5) is 19.0 Å². The molecule has 1 aliphatic rings. The van der Waals surface area contributed by atoms with Crippen molar-refractivity contribution < 1.29 is 35.9 Å². The lowest BCUT2D eigenvalue weighted by Crippen LogP contribution is -2.34. The fourth-order valence-electron chi connectivity index (χ4n) is 4.88. The molecule has 1 amide bonds. The van der Waals surface area contributed by atoms with E-state index in [-0.39, 0.29) is 23.7 Å². The topological polar surface area (TPSA) is 124 Å². The molecule has 0 radical (unpaired) electrons. The summed E-state index contributed by atoms with van der Waals surface area (Å²) in [6.07, 6.45) is 1.61. The number of ether oxygens (including phenoxy) is 2. The van der Waals surface area contributed by atoms with Crippen molar-refractivity contribution in [2.24, 2.45) is 5.92 Å². The predicted molar refractivity (Wildman–Crippen MR) is 145 cm³/mol. The lowest BCUT2D eigenvalue weighted by atomic mass is 9.89. The zero-order chi connectivity index (χ0) is 29.5. The number of hydrogen-bond acceptors (Lipinski definition) is 8. The molecular weight excluding hydrogens is 551 g/mol. The van der Waals surface area contributed by atoms with E-state index >= 15 is 0 Å². The Kier molecular flexibility index (Phi) is 10.8. The molecule has 1 saturated carbocycles. The molecular formula is C26H38F3N5O5S. The number of aryl methyl sites for hydroxylation is 1. The third kappa shape index (κ3) is 8.56. The highest BCUT2D eigenvalue weighted by Crippen LogP contribution is 2.35. The number of halogens is 3. The molecule has 2 aromatic rings. The maximum atomic E-state index is 13.1. The van der Waals surface area contributed by atoms with Gasteiger partial charge in [0.15, 0.2) is 5.69 Å². The molecule has 10 nitrogen and oxygen atoms in total. The molecule has 2 N–H and O–H groups in total. The van der Waals surface area contributed by atoms with Gasteiger partial charge in [0.25, 0.3) is 5.91 Å². The second kappa shape index (κ2) is 13.7. The van der Waals surface area contributed by atoms with Crippen molar-refractivity contribution in [2.45, 2.75) is 63.9 Å². The van der Waals surface area contributed by atoms with Gasteiger partial charge in [0.1, 0.15) is 28.0 Å². The molecule has 3 rings (SSSR count). The summed E-state index contributed by atoms with van der Waals surface area (Å²) in [7, 11) is -1.52. The molecule has 14 heteroatoms. The summed E-state index contributed by atoms with van der Waals surface area (Å²) < 4.78 is 72.0. The van der Waals surface area contributed by atoms with Gasteiger partial charge in [-0.1, -0.05) is 0 Å². The highest BCUT2D eigenvalue weighted by atomic mass is 32.2. The zero-order valence-corrected chi connectivity index (χ0v) is 24.1. The molecule has 0 atom stereocenters. The molecule has 0 saturated heterocycles. The Morgan fingerprint density at radius 1 is 1.23 bits per heavy atom. The molecule has 0 aliphatic heterocycles. The number of anilines is 1. The van der Waals surface area contributed by atoms with Crippen LogP contribution in [-0.2, 0) is 21.1 Å². The van der Waals surface area contributed by atoms with Gasteiger partial charge in [-0.25, -0.2) is 13.4 Å². The number of rotatable bonds is 13. The highest BCUT2D eigenvalue weighted by molar-refractivity contribution is 7.91. The predicted octanol–water partition coefficient (Wildman–Crippen LogP) is 4.00. The van der Waals surface area contributed by atoms with Crippen LogP contribution in [-0.4, -0.2) is 80.2 Å². The van der Waals surface area contributed by atoms with Crippen LogP contribution in [0.15, 0.2) is 12.3 Å². The third-order valence-electron chi connectivity index (χ3n) is 7.03. The van der Waals surface area contributed by atoms with Crippen LogP contribution in [0.2, 0.25) is 0 Å². The van der Waals surface area contributed by atoms with Gasteiger partial charge in [-0.15, -0.1) is 0 Å². The molecule has 1 fully saturated rings. The number of nitrogens with one attached hydrogen (secondary N) is 2. The fourth-order valence-corrected chi connectivity index (χ4v) is 6.01. The first-order valence-electron chi connectivity index (χ1n) is 13.3. The smallest absolute Gasteiger partial charge is 0.411 e. The van der Waals surface area contributed by atoms with Crippen molar-refractivity contribution in [1.29, 1.82) is 0 Å². The number of alkyl halides is 3. The Labute approximate surface area is 232 Å². The van der Waals surface area contributed by atoms with Gasteiger partial charge in [0.05, 0.1) is 23.6 Å². The monoisotopic (exact) mass is 589 g/mol. The maximum Gasteiger partial charge on any atom is 0.411 e. The highest BCUT2D eigenvalue weighted by Gasteiger charge is 2.29. The molecule has 1 aliphatic carbocycles. The van der Waals surface area contributed by atoms with Crippen molar-refractivity contribution in [3.8, 4) is 17.0 Å². The molecule has 2 heterocycles. The van der Waals surface area contributed by atoms with Crippen molar-refractivity contribution in [1.82, 2.24) is 20.1 Å². The maximum absolute atomic E-state index is 13.1. The number of sulfone groups is 1. The summed E-state index contributed by atoms with van der Waals surface area (Å²) in [5.74, 6) is 0.906. The van der Waals surface area contributed by atoms with E-state index in [1.807, 2.05) is 13.8 Å². The van der Waals surface area contributed by atoms with E-state index in [4.69, 9.17) is 4.74 Å². The lowest BCUT2D eigenvalue weighted by Gasteiger charge is -2.27. The first kappa shape index (κ1) is 31.7. The van der Waals surface area contributed by atoms with Gasteiger partial charge < -0.3 is 20.1 Å². The SMILES string of the molecule is CCn1nc(C(=O)NCC2CCC(S(C)(=O)=O)CC2)c(C)c1-c1cnc(NCCCOCC(F)(F)F)cc1OC. The quantitative estimate of drug-likeness (QED) is 0.336. The Bertz CT molecular complexity index is 1260. The van der Waals surface area contributed by atoms with E-state index < -0.39 is 22.6 Å². The van der Waals surface area contributed by atoms with Crippen LogP contribution in [0.25, 0.3) is 11.3 Å². The van der Waals surface area contributed by atoms with Crippen LogP contribution < -0.4 is 15.4 Å². The summed E-state index contributed by atoms with van der Waals surface area (Å²) in [6, 6.07) is 1.69. The van der Waals surface area contributed by atoms with E-state index in [0.29, 0.717) is 73.0 Å². The Hall–Kier alpha value is -2.87. The average Bonchev–Trinajstić information content (AvgIpc) is 3.24. The van der Waals surface area contributed by atoms with Crippen LogP contribution in [0, 0.1) is 12.8 Å². The van der Waals surface area contributed by atoms with Gasteiger partial charge in [0, 0.05) is 50.3 Å². The van der Waals surface area contributed by atoms with Crippen molar-refractivity contribution >= 4 is 21.6 Å². The number of hydrogen-bond donors (Lipinski definition) is 2. The number of nitrogens with zero attached hydrogens (tertiary/aromatic N) is 3. The average molecular weight is 590 g/mol. The van der Waals surface area contributed by atoms with Gasteiger partial charge >= 0.3 is 6.18 Å². The number of pyridine rings is 1. The number of carbonyl (C=O) groups excluding carboxylic acids is 1. The molecule has 0 spiro atoms.